The molecule has 0 unspecified atom stereocenters. The van der Waals surface area contributed by atoms with Gasteiger partial charge in [0.25, 0.3) is 5.91 Å². The molecular weight excluding hydrogens is 373 g/mol. The molecule has 0 spiro atoms. The molecule has 1 atom stereocenters. The van der Waals surface area contributed by atoms with Gasteiger partial charge in [-0.05, 0) is 44.5 Å². The molecule has 0 bridgehead atoms. The number of nitrogens with two attached hydrogens (primary N) is 1. The Morgan fingerprint density at radius 2 is 2.07 bits per heavy atom. The van der Waals surface area contributed by atoms with Gasteiger partial charge < -0.3 is 20.5 Å². The summed E-state index contributed by atoms with van der Waals surface area (Å²) in [6.07, 6.45) is 1.34. The van der Waals surface area contributed by atoms with Crippen LogP contribution in [0.5, 0.6) is 0 Å². The number of nitrogens with zero attached hydrogens (tertiary/aromatic N) is 3. The van der Waals surface area contributed by atoms with Crippen LogP contribution in [0.4, 0.5) is 4.39 Å². The number of nitrogens with one attached hydrogen (secondary N) is 1. The number of rotatable bonds is 6. The lowest BCUT2D eigenvalue weighted by Crippen LogP contribution is -2.45. The summed E-state index contributed by atoms with van der Waals surface area (Å²) in [5.74, 6) is -0.612. The van der Waals surface area contributed by atoms with Gasteiger partial charge in [0.05, 0.1) is 5.69 Å². The van der Waals surface area contributed by atoms with E-state index in [1.807, 2.05) is 25.5 Å². The maximum Gasteiger partial charge on any atom is 0.272 e. The van der Waals surface area contributed by atoms with Gasteiger partial charge in [0, 0.05) is 18.7 Å². The molecule has 2 aromatic rings. The third-order valence-corrected chi connectivity index (χ3v) is 5.07. The van der Waals surface area contributed by atoms with Gasteiger partial charge in [-0.1, -0.05) is 26.0 Å². The van der Waals surface area contributed by atoms with E-state index < -0.39 is 17.9 Å². The Hall–Kier alpha value is -2.74. The van der Waals surface area contributed by atoms with Gasteiger partial charge in [-0.3, -0.25) is 9.59 Å². The van der Waals surface area contributed by atoms with Crippen LogP contribution in [0.2, 0.25) is 0 Å². The summed E-state index contributed by atoms with van der Waals surface area (Å²) in [4.78, 5) is 31.5. The van der Waals surface area contributed by atoms with Gasteiger partial charge in [0.1, 0.15) is 17.7 Å². The first-order valence-electron chi connectivity index (χ1n) is 9.90. The van der Waals surface area contributed by atoms with Gasteiger partial charge in [-0.25, -0.2) is 9.37 Å². The summed E-state index contributed by atoms with van der Waals surface area (Å²) in [6, 6.07) is 5.43. The average molecular weight is 401 g/mol. The lowest BCUT2D eigenvalue weighted by Gasteiger charge is -2.18. The van der Waals surface area contributed by atoms with Crippen molar-refractivity contribution in [2.75, 3.05) is 13.6 Å². The first kappa shape index (κ1) is 21.0. The third kappa shape index (κ3) is 4.82. The van der Waals surface area contributed by atoms with Gasteiger partial charge in [-0.2, -0.15) is 0 Å². The van der Waals surface area contributed by atoms with E-state index >= 15 is 0 Å². The summed E-state index contributed by atoms with van der Waals surface area (Å²) >= 11 is 0. The molecule has 0 radical (unpaired) electrons. The first-order chi connectivity index (χ1) is 13.8. The molecule has 2 heterocycles. The molecule has 7 nitrogen and oxygen atoms in total. The quantitative estimate of drug-likeness (QED) is 0.776. The zero-order valence-corrected chi connectivity index (χ0v) is 17.1. The summed E-state index contributed by atoms with van der Waals surface area (Å²) in [5, 5.41) is 2.74. The number of carbonyl (C=O) groups is 2. The predicted octanol–water partition coefficient (Wildman–Crippen LogP) is 2.15. The monoisotopic (exact) mass is 401 g/mol. The highest BCUT2D eigenvalue weighted by atomic mass is 19.1. The van der Waals surface area contributed by atoms with Gasteiger partial charge in [-0.15, -0.1) is 0 Å². The number of aromatic nitrogens is 2. The second kappa shape index (κ2) is 8.73. The minimum atomic E-state index is -0.763. The fourth-order valence-corrected chi connectivity index (χ4v) is 3.70. The van der Waals surface area contributed by atoms with E-state index in [4.69, 9.17) is 5.73 Å². The van der Waals surface area contributed by atoms with Crippen molar-refractivity contribution in [1.29, 1.82) is 0 Å². The third-order valence-electron chi connectivity index (χ3n) is 5.07. The highest BCUT2D eigenvalue weighted by molar-refractivity contribution is 5.97. The average Bonchev–Trinajstić information content (AvgIpc) is 2.87. The minimum absolute atomic E-state index is 0.195. The van der Waals surface area contributed by atoms with Crippen molar-refractivity contribution >= 4 is 11.8 Å². The molecule has 0 fully saturated rings. The Balaban J connectivity index is 2.02. The summed E-state index contributed by atoms with van der Waals surface area (Å²) in [5.41, 5.74) is 7.11. The number of primary amides is 1. The number of hydrogen-bond acceptors (Lipinski definition) is 4. The molecular formula is C21H28FN5O2. The van der Waals surface area contributed by atoms with Crippen LogP contribution in [0.1, 0.15) is 42.9 Å². The van der Waals surface area contributed by atoms with Crippen molar-refractivity contribution in [1.82, 2.24) is 19.8 Å². The second-order valence-electron chi connectivity index (χ2n) is 8.04. The van der Waals surface area contributed by atoms with Crippen molar-refractivity contribution in [3.05, 3.63) is 41.5 Å². The number of carbonyl (C=O) groups excluding carboxylic acids is 2. The minimum Gasteiger partial charge on any atom is -0.368 e. The Morgan fingerprint density at radius 3 is 2.72 bits per heavy atom. The second-order valence-corrected chi connectivity index (χ2v) is 8.04. The van der Waals surface area contributed by atoms with Crippen LogP contribution in [0, 0.1) is 11.7 Å². The Labute approximate surface area is 170 Å². The van der Waals surface area contributed by atoms with Crippen LogP contribution < -0.4 is 11.1 Å². The van der Waals surface area contributed by atoms with Gasteiger partial charge in [0.15, 0.2) is 5.69 Å². The molecule has 2 amide bonds. The Morgan fingerprint density at radius 1 is 1.31 bits per heavy atom. The number of hydrogen-bond donors (Lipinski definition) is 2. The molecule has 3 rings (SSSR count). The molecule has 1 aliphatic rings. The normalized spacial score (nSPS) is 15.6. The van der Waals surface area contributed by atoms with Gasteiger partial charge >= 0.3 is 0 Å². The molecule has 0 aliphatic carbocycles. The summed E-state index contributed by atoms with van der Waals surface area (Å²) < 4.78 is 15.8. The smallest absolute Gasteiger partial charge is 0.272 e. The molecule has 29 heavy (non-hydrogen) atoms. The van der Waals surface area contributed by atoms with Crippen molar-refractivity contribution in [3.63, 3.8) is 0 Å². The van der Waals surface area contributed by atoms with E-state index in [2.05, 4.69) is 15.2 Å². The highest BCUT2D eigenvalue weighted by Gasteiger charge is 2.28. The first-order valence-corrected chi connectivity index (χ1v) is 9.90. The predicted molar refractivity (Wildman–Crippen MR) is 108 cm³/mol. The molecule has 0 saturated carbocycles. The SMILES string of the molecule is CC(C)C[C@H](NC(=O)c1nc(-c2cccc(F)c2)n2c1CN(C)CCC2)C(N)=O. The van der Waals surface area contributed by atoms with Crippen LogP contribution in [-0.2, 0) is 17.9 Å². The largest absolute Gasteiger partial charge is 0.368 e. The number of imidazole rings is 1. The summed E-state index contributed by atoms with van der Waals surface area (Å²) in [7, 11) is 1.98. The summed E-state index contributed by atoms with van der Waals surface area (Å²) in [6.45, 7) is 6.01. The van der Waals surface area contributed by atoms with E-state index in [0.29, 0.717) is 30.9 Å². The van der Waals surface area contributed by atoms with E-state index in [1.165, 1.54) is 12.1 Å². The van der Waals surface area contributed by atoms with Crippen molar-refractivity contribution in [2.45, 2.75) is 45.8 Å². The molecule has 156 valence electrons. The zero-order chi connectivity index (χ0) is 21.1. The van der Waals surface area contributed by atoms with E-state index in [1.54, 1.807) is 12.1 Å². The molecule has 1 aromatic carbocycles. The fourth-order valence-electron chi connectivity index (χ4n) is 3.70. The van der Waals surface area contributed by atoms with Crippen LogP contribution in [-0.4, -0.2) is 45.9 Å². The van der Waals surface area contributed by atoms with E-state index in [-0.39, 0.29) is 17.4 Å². The van der Waals surface area contributed by atoms with Crippen LogP contribution in [0.15, 0.2) is 24.3 Å². The van der Waals surface area contributed by atoms with Crippen molar-refractivity contribution in [3.8, 4) is 11.4 Å². The maximum absolute atomic E-state index is 13.8. The van der Waals surface area contributed by atoms with Crippen LogP contribution in [0.25, 0.3) is 11.4 Å². The molecule has 0 saturated heterocycles. The molecule has 1 aliphatic heterocycles. The topological polar surface area (TPSA) is 93.2 Å². The van der Waals surface area contributed by atoms with Crippen LogP contribution in [0.3, 0.4) is 0 Å². The Kier molecular flexibility index (Phi) is 6.32. The number of benzene rings is 1. The van der Waals surface area contributed by atoms with Crippen molar-refractivity contribution in [2.24, 2.45) is 11.7 Å². The molecule has 8 heteroatoms. The number of amides is 2. The maximum atomic E-state index is 13.8. The van der Waals surface area contributed by atoms with Crippen LogP contribution >= 0.6 is 0 Å². The number of halogens is 1. The Bertz CT molecular complexity index is 908. The molecule has 1 aromatic heterocycles. The fraction of sp³-hybridized carbons (Fsp3) is 0.476. The zero-order valence-electron chi connectivity index (χ0n) is 17.1. The molecule has 3 N–H and O–H groups in total. The lowest BCUT2D eigenvalue weighted by atomic mass is 10.0. The van der Waals surface area contributed by atoms with E-state index in [0.717, 1.165) is 18.7 Å². The highest BCUT2D eigenvalue weighted by Crippen LogP contribution is 2.26. The lowest BCUT2D eigenvalue weighted by molar-refractivity contribution is -0.120. The van der Waals surface area contributed by atoms with Crippen molar-refractivity contribution < 1.29 is 14.0 Å². The standard InChI is InChI=1S/C21H28FN5O2/c1-13(2)10-16(19(23)28)24-21(29)18-17-12-26(3)8-5-9-27(17)20(25-18)14-6-4-7-15(22)11-14/h4,6-7,11,13,16H,5,8-10,12H2,1-3H3,(H2,23,28)(H,24,29)/t16-/m0/s1. The number of fused-ring (bicyclic) bond motifs is 1. The van der Waals surface area contributed by atoms with Gasteiger partial charge in [0.2, 0.25) is 5.91 Å². The van der Waals surface area contributed by atoms with E-state index in [9.17, 15) is 14.0 Å².